The zero-order valence-corrected chi connectivity index (χ0v) is 14.7. The second-order valence-corrected chi connectivity index (χ2v) is 7.04. The number of carbonyl (C=O) groups is 1. The van der Waals surface area contributed by atoms with Crippen molar-refractivity contribution in [2.45, 2.75) is 84.3 Å². The van der Waals surface area contributed by atoms with Gasteiger partial charge in [0.1, 0.15) is 0 Å². The Balaban J connectivity index is 2.59. The normalized spacial score (nSPS) is 20.8. The Morgan fingerprint density at radius 3 is 2.67 bits per heavy atom. The molecule has 0 radical (unpaired) electrons. The monoisotopic (exact) mass is 297 g/mol. The smallest absolute Gasteiger partial charge is 0.237 e. The fraction of sp³-hybridized carbons (Fsp3) is 0.941. The maximum atomic E-state index is 12.5. The Kier molecular flexibility index (Phi) is 7.67. The van der Waals surface area contributed by atoms with Crippen LogP contribution in [0.5, 0.6) is 0 Å². The lowest BCUT2D eigenvalue weighted by atomic mass is 10.0. The van der Waals surface area contributed by atoms with Gasteiger partial charge in [-0.1, -0.05) is 20.3 Å². The number of nitrogens with zero attached hydrogens (tertiary/aromatic N) is 1. The average molecular weight is 297 g/mol. The molecule has 0 aromatic heterocycles. The van der Waals surface area contributed by atoms with E-state index in [-0.39, 0.29) is 17.5 Å². The molecule has 0 aliphatic carbocycles. The molecular weight excluding hydrogens is 262 g/mol. The maximum absolute atomic E-state index is 12.5. The van der Waals surface area contributed by atoms with Crippen molar-refractivity contribution in [1.29, 1.82) is 0 Å². The summed E-state index contributed by atoms with van der Waals surface area (Å²) in [6.45, 7) is 13.7. The summed E-state index contributed by atoms with van der Waals surface area (Å²) in [6.07, 6.45) is 5.77. The molecule has 1 aliphatic heterocycles. The molecule has 0 aromatic carbocycles. The summed E-state index contributed by atoms with van der Waals surface area (Å²) < 4.78 is 0. The highest BCUT2D eigenvalue weighted by atomic mass is 16.2. The first-order valence-corrected chi connectivity index (χ1v) is 8.69. The van der Waals surface area contributed by atoms with E-state index in [1.54, 1.807) is 0 Å². The number of unbranched alkanes of at least 4 members (excludes halogenated alkanes) is 1. The highest BCUT2D eigenvalue weighted by molar-refractivity contribution is 5.82. The van der Waals surface area contributed by atoms with E-state index in [9.17, 15) is 4.79 Å². The third-order valence-corrected chi connectivity index (χ3v) is 4.69. The van der Waals surface area contributed by atoms with E-state index in [1.807, 2.05) is 6.92 Å². The molecule has 4 heteroatoms. The molecule has 0 bridgehead atoms. The quantitative estimate of drug-likeness (QED) is 0.687. The van der Waals surface area contributed by atoms with Crippen molar-refractivity contribution in [3.05, 3.63) is 0 Å². The summed E-state index contributed by atoms with van der Waals surface area (Å²) in [5.41, 5.74) is -0.118. The summed E-state index contributed by atoms with van der Waals surface area (Å²) in [5.74, 6) is 0.163. The van der Waals surface area contributed by atoms with Crippen LogP contribution >= 0.6 is 0 Å². The predicted octanol–water partition coefficient (Wildman–Crippen LogP) is 2.53. The zero-order valence-electron chi connectivity index (χ0n) is 14.7. The van der Waals surface area contributed by atoms with Crippen molar-refractivity contribution in [2.75, 3.05) is 19.6 Å². The number of hydrogen-bond donors (Lipinski definition) is 2. The van der Waals surface area contributed by atoms with Crippen molar-refractivity contribution in [3.63, 3.8) is 0 Å². The average Bonchev–Trinajstić information content (AvgIpc) is 2.95. The Hall–Kier alpha value is -0.610. The van der Waals surface area contributed by atoms with Crippen LogP contribution in [-0.4, -0.2) is 48.1 Å². The Bertz CT molecular complexity index is 311. The van der Waals surface area contributed by atoms with Gasteiger partial charge in [-0.15, -0.1) is 0 Å². The van der Waals surface area contributed by atoms with Crippen molar-refractivity contribution < 1.29 is 4.79 Å². The van der Waals surface area contributed by atoms with Crippen molar-refractivity contribution in [2.24, 2.45) is 0 Å². The maximum Gasteiger partial charge on any atom is 0.237 e. The molecule has 1 fully saturated rings. The molecule has 0 spiro atoms. The van der Waals surface area contributed by atoms with Gasteiger partial charge in [0, 0.05) is 18.1 Å². The first kappa shape index (κ1) is 18.4. The van der Waals surface area contributed by atoms with Gasteiger partial charge in [-0.2, -0.15) is 0 Å². The van der Waals surface area contributed by atoms with E-state index in [4.69, 9.17) is 0 Å². The molecule has 1 aliphatic rings. The largest absolute Gasteiger partial charge is 0.350 e. The molecule has 2 atom stereocenters. The van der Waals surface area contributed by atoms with Crippen LogP contribution in [0.25, 0.3) is 0 Å². The Morgan fingerprint density at radius 1 is 1.43 bits per heavy atom. The molecule has 2 N–H and O–H groups in total. The van der Waals surface area contributed by atoms with Gasteiger partial charge in [0.25, 0.3) is 0 Å². The first-order valence-electron chi connectivity index (χ1n) is 8.69. The summed E-state index contributed by atoms with van der Waals surface area (Å²) in [4.78, 5) is 14.9. The van der Waals surface area contributed by atoms with Gasteiger partial charge in [-0.05, 0) is 59.5 Å². The molecule has 1 rings (SSSR count). The topological polar surface area (TPSA) is 44.4 Å². The molecule has 21 heavy (non-hydrogen) atoms. The third kappa shape index (κ3) is 6.35. The van der Waals surface area contributed by atoms with Crippen LogP contribution in [0.2, 0.25) is 0 Å². The summed E-state index contributed by atoms with van der Waals surface area (Å²) in [5, 5.41) is 6.73. The number of hydrogen-bond acceptors (Lipinski definition) is 3. The molecule has 1 amide bonds. The Labute approximate surface area is 131 Å². The second kappa shape index (κ2) is 8.74. The van der Waals surface area contributed by atoms with E-state index in [0.29, 0.717) is 6.04 Å². The molecule has 2 unspecified atom stereocenters. The lowest BCUT2D eigenvalue weighted by Crippen LogP contribution is -2.54. The van der Waals surface area contributed by atoms with E-state index in [1.165, 1.54) is 19.3 Å². The highest BCUT2D eigenvalue weighted by Crippen LogP contribution is 2.13. The van der Waals surface area contributed by atoms with Gasteiger partial charge < -0.3 is 10.6 Å². The van der Waals surface area contributed by atoms with Crippen molar-refractivity contribution in [3.8, 4) is 0 Å². The summed E-state index contributed by atoms with van der Waals surface area (Å²) in [7, 11) is 0. The fourth-order valence-electron chi connectivity index (χ4n) is 2.69. The highest BCUT2D eigenvalue weighted by Gasteiger charge is 2.28. The lowest BCUT2D eigenvalue weighted by molar-refractivity contribution is -0.127. The van der Waals surface area contributed by atoms with Crippen LogP contribution in [0.3, 0.4) is 0 Å². The third-order valence-electron chi connectivity index (χ3n) is 4.69. The van der Waals surface area contributed by atoms with Crippen LogP contribution in [0.4, 0.5) is 0 Å². The van der Waals surface area contributed by atoms with Crippen LogP contribution < -0.4 is 10.6 Å². The molecule has 0 saturated carbocycles. The number of carbonyl (C=O) groups excluding carboxylic acids is 1. The molecule has 4 nitrogen and oxygen atoms in total. The molecule has 124 valence electrons. The number of rotatable bonds is 9. The molecular formula is C17H35N3O. The van der Waals surface area contributed by atoms with Gasteiger partial charge in [0.05, 0.1) is 6.04 Å². The van der Waals surface area contributed by atoms with Crippen LogP contribution in [0.15, 0.2) is 0 Å². The van der Waals surface area contributed by atoms with Crippen LogP contribution in [0, 0.1) is 0 Å². The minimum atomic E-state index is -0.118. The van der Waals surface area contributed by atoms with E-state index < -0.39 is 0 Å². The molecule has 1 saturated heterocycles. The standard InChI is InChI=1S/C17H35N3O/c1-6-8-12-20(13-15-10-9-11-18-15)14(3)16(21)19-17(4,5)7-2/h14-15,18H,6-13H2,1-5H3,(H,19,21). The van der Waals surface area contributed by atoms with Crippen LogP contribution in [-0.2, 0) is 4.79 Å². The zero-order chi connectivity index (χ0) is 15.9. The van der Waals surface area contributed by atoms with E-state index in [2.05, 4.69) is 43.2 Å². The number of amides is 1. The number of nitrogens with one attached hydrogen (secondary N) is 2. The second-order valence-electron chi connectivity index (χ2n) is 7.04. The van der Waals surface area contributed by atoms with Gasteiger partial charge in [-0.25, -0.2) is 0 Å². The summed E-state index contributed by atoms with van der Waals surface area (Å²) in [6, 6.07) is 0.501. The lowest BCUT2D eigenvalue weighted by Gasteiger charge is -2.33. The van der Waals surface area contributed by atoms with Gasteiger partial charge in [0.15, 0.2) is 0 Å². The van der Waals surface area contributed by atoms with Gasteiger partial charge in [-0.3, -0.25) is 9.69 Å². The van der Waals surface area contributed by atoms with E-state index in [0.717, 1.165) is 32.5 Å². The Morgan fingerprint density at radius 2 is 2.14 bits per heavy atom. The molecule has 0 aromatic rings. The van der Waals surface area contributed by atoms with E-state index >= 15 is 0 Å². The minimum absolute atomic E-state index is 0.0511. The van der Waals surface area contributed by atoms with Crippen molar-refractivity contribution in [1.82, 2.24) is 15.5 Å². The summed E-state index contributed by atoms with van der Waals surface area (Å²) >= 11 is 0. The first-order chi connectivity index (χ1) is 9.89. The van der Waals surface area contributed by atoms with Crippen molar-refractivity contribution >= 4 is 5.91 Å². The van der Waals surface area contributed by atoms with Crippen LogP contribution in [0.1, 0.15) is 66.7 Å². The van der Waals surface area contributed by atoms with Gasteiger partial charge in [0.2, 0.25) is 5.91 Å². The predicted molar refractivity (Wildman–Crippen MR) is 89.5 cm³/mol. The van der Waals surface area contributed by atoms with Gasteiger partial charge >= 0.3 is 0 Å². The SMILES string of the molecule is CCCCN(CC1CCCN1)C(C)C(=O)NC(C)(C)CC. The molecule has 1 heterocycles. The fourth-order valence-corrected chi connectivity index (χ4v) is 2.69. The minimum Gasteiger partial charge on any atom is -0.350 e.